The standard InChI is InChI=1S/C16H24BrN3O3/c1-11(2)3-4-15(19-7-5-18-6-8-19)13-9-12(20(22)23)10-14(17)16(13)21/h9-11,15,18,21H,3-8H2,1-2H3/t15-/m0/s1. The molecule has 2 rings (SSSR count). The third-order valence-electron chi connectivity index (χ3n) is 4.26. The second-order valence-corrected chi connectivity index (χ2v) is 7.25. The van der Waals surface area contributed by atoms with Crippen LogP contribution in [0.1, 0.15) is 38.3 Å². The Bertz CT molecular complexity index is 560. The molecule has 128 valence electrons. The number of halogens is 1. The number of aromatic hydroxyl groups is 1. The topological polar surface area (TPSA) is 78.6 Å². The molecule has 0 unspecified atom stereocenters. The zero-order chi connectivity index (χ0) is 17.0. The SMILES string of the molecule is CC(C)CC[C@@H](c1cc([N+](=O)[O-])cc(Br)c1O)N1CCNCC1. The fraction of sp³-hybridized carbons (Fsp3) is 0.625. The molecule has 0 aliphatic carbocycles. The van der Waals surface area contributed by atoms with E-state index in [9.17, 15) is 15.2 Å². The van der Waals surface area contributed by atoms with Crippen molar-refractivity contribution in [3.63, 3.8) is 0 Å². The third-order valence-corrected chi connectivity index (χ3v) is 4.86. The van der Waals surface area contributed by atoms with Crippen LogP contribution in [0.3, 0.4) is 0 Å². The molecule has 7 heteroatoms. The van der Waals surface area contributed by atoms with Gasteiger partial charge in [0.2, 0.25) is 0 Å². The number of non-ortho nitro benzene ring substituents is 1. The smallest absolute Gasteiger partial charge is 0.271 e. The number of hydrogen-bond acceptors (Lipinski definition) is 5. The Morgan fingerprint density at radius 1 is 1.35 bits per heavy atom. The van der Waals surface area contributed by atoms with E-state index < -0.39 is 4.92 Å². The number of nitro benzene ring substituents is 1. The number of phenolic OH excluding ortho intramolecular Hbond substituents is 1. The highest BCUT2D eigenvalue weighted by molar-refractivity contribution is 9.10. The minimum Gasteiger partial charge on any atom is -0.506 e. The van der Waals surface area contributed by atoms with Crippen molar-refractivity contribution in [2.24, 2.45) is 5.92 Å². The number of nitrogens with zero attached hydrogens (tertiary/aromatic N) is 2. The quantitative estimate of drug-likeness (QED) is 0.579. The molecule has 0 spiro atoms. The maximum absolute atomic E-state index is 11.2. The lowest BCUT2D eigenvalue weighted by Crippen LogP contribution is -2.45. The molecule has 1 aromatic rings. The lowest BCUT2D eigenvalue weighted by atomic mass is 9.94. The Kier molecular flexibility index (Phi) is 6.38. The van der Waals surface area contributed by atoms with Crippen LogP contribution in [0.4, 0.5) is 5.69 Å². The summed E-state index contributed by atoms with van der Waals surface area (Å²) in [5, 5.41) is 24.9. The highest BCUT2D eigenvalue weighted by Crippen LogP contribution is 2.40. The molecule has 0 aromatic heterocycles. The van der Waals surface area contributed by atoms with Crippen molar-refractivity contribution < 1.29 is 10.0 Å². The van der Waals surface area contributed by atoms with E-state index in [-0.39, 0.29) is 17.5 Å². The van der Waals surface area contributed by atoms with Gasteiger partial charge in [0.1, 0.15) is 5.75 Å². The van der Waals surface area contributed by atoms with Gasteiger partial charge in [-0.3, -0.25) is 15.0 Å². The average molecular weight is 386 g/mol. The van der Waals surface area contributed by atoms with Gasteiger partial charge in [-0.15, -0.1) is 0 Å². The van der Waals surface area contributed by atoms with E-state index in [4.69, 9.17) is 0 Å². The molecule has 1 aliphatic heterocycles. The molecule has 0 saturated carbocycles. The molecular formula is C16H24BrN3O3. The molecule has 23 heavy (non-hydrogen) atoms. The first-order chi connectivity index (χ1) is 10.9. The minimum atomic E-state index is -0.412. The predicted molar refractivity (Wildman–Crippen MR) is 93.7 cm³/mol. The summed E-state index contributed by atoms with van der Waals surface area (Å²) in [6.07, 6.45) is 1.88. The Balaban J connectivity index is 2.38. The van der Waals surface area contributed by atoms with E-state index in [2.05, 4.69) is 40.0 Å². The number of hydrogen-bond donors (Lipinski definition) is 2. The van der Waals surface area contributed by atoms with Crippen LogP contribution in [-0.2, 0) is 0 Å². The van der Waals surface area contributed by atoms with Crippen molar-refractivity contribution >= 4 is 21.6 Å². The van der Waals surface area contributed by atoms with E-state index in [1.807, 2.05) is 0 Å². The zero-order valence-electron chi connectivity index (χ0n) is 13.6. The van der Waals surface area contributed by atoms with Gasteiger partial charge in [0.05, 0.1) is 9.40 Å². The predicted octanol–water partition coefficient (Wildman–Crippen LogP) is 3.45. The summed E-state index contributed by atoms with van der Waals surface area (Å²) in [6.45, 7) is 7.88. The number of phenols is 1. The zero-order valence-corrected chi connectivity index (χ0v) is 15.2. The molecule has 2 N–H and O–H groups in total. The molecule has 0 bridgehead atoms. The van der Waals surface area contributed by atoms with E-state index >= 15 is 0 Å². The number of nitro groups is 1. The van der Waals surface area contributed by atoms with Crippen LogP contribution in [0, 0.1) is 16.0 Å². The van der Waals surface area contributed by atoms with Crippen molar-refractivity contribution in [1.29, 1.82) is 0 Å². The number of nitrogens with one attached hydrogen (secondary N) is 1. The fourth-order valence-electron chi connectivity index (χ4n) is 2.98. The van der Waals surface area contributed by atoms with Crippen molar-refractivity contribution in [3.8, 4) is 5.75 Å². The van der Waals surface area contributed by atoms with Gasteiger partial charge in [0, 0.05) is 49.9 Å². The van der Waals surface area contributed by atoms with Gasteiger partial charge in [-0.05, 0) is 34.7 Å². The largest absolute Gasteiger partial charge is 0.506 e. The first-order valence-electron chi connectivity index (χ1n) is 8.01. The van der Waals surface area contributed by atoms with E-state index in [1.54, 1.807) is 0 Å². The minimum absolute atomic E-state index is 0.00398. The molecule has 1 heterocycles. The van der Waals surface area contributed by atoms with Gasteiger partial charge >= 0.3 is 0 Å². The van der Waals surface area contributed by atoms with Crippen LogP contribution in [0.5, 0.6) is 5.75 Å². The van der Waals surface area contributed by atoms with Gasteiger partial charge < -0.3 is 10.4 Å². The summed E-state index contributed by atoms with van der Waals surface area (Å²) in [4.78, 5) is 13.1. The maximum atomic E-state index is 11.2. The number of rotatable bonds is 6. The second-order valence-electron chi connectivity index (χ2n) is 6.40. The van der Waals surface area contributed by atoms with Crippen LogP contribution < -0.4 is 5.32 Å². The Hall–Kier alpha value is -1.18. The summed E-state index contributed by atoms with van der Waals surface area (Å²) in [6, 6.07) is 2.87. The highest BCUT2D eigenvalue weighted by atomic mass is 79.9. The first kappa shape index (κ1) is 18.2. The molecule has 1 atom stereocenters. The summed E-state index contributed by atoms with van der Waals surface area (Å²) in [5.41, 5.74) is 0.656. The molecule has 1 aromatic carbocycles. The lowest BCUT2D eigenvalue weighted by molar-refractivity contribution is -0.385. The van der Waals surface area contributed by atoms with Gasteiger partial charge in [0.25, 0.3) is 5.69 Å². The van der Waals surface area contributed by atoms with Crippen molar-refractivity contribution in [1.82, 2.24) is 10.2 Å². The molecular weight excluding hydrogens is 362 g/mol. The van der Waals surface area contributed by atoms with Crippen LogP contribution in [0.2, 0.25) is 0 Å². The van der Waals surface area contributed by atoms with Crippen LogP contribution in [-0.4, -0.2) is 41.1 Å². The molecule has 6 nitrogen and oxygen atoms in total. The summed E-state index contributed by atoms with van der Waals surface area (Å²) in [7, 11) is 0. The van der Waals surface area contributed by atoms with Crippen molar-refractivity contribution in [2.45, 2.75) is 32.7 Å². The fourth-order valence-corrected chi connectivity index (χ4v) is 3.45. The number of benzene rings is 1. The maximum Gasteiger partial charge on any atom is 0.271 e. The molecule has 1 aliphatic rings. The Morgan fingerprint density at radius 2 is 2.00 bits per heavy atom. The third kappa shape index (κ3) is 4.65. The van der Waals surface area contributed by atoms with E-state index in [1.165, 1.54) is 12.1 Å². The first-order valence-corrected chi connectivity index (χ1v) is 8.81. The van der Waals surface area contributed by atoms with Gasteiger partial charge in [-0.2, -0.15) is 0 Å². The highest BCUT2D eigenvalue weighted by Gasteiger charge is 2.27. The van der Waals surface area contributed by atoms with Gasteiger partial charge in [-0.1, -0.05) is 13.8 Å². The normalized spacial score (nSPS) is 17.4. The molecule has 1 fully saturated rings. The Labute approximate surface area is 145 Å². The Morgan fingerprint density at radius 3 is 2.57 bits per heavy atom. The number of piperazine rings is 1. The summed E-state index contributed by atoms with van der Waals surface area (Å²) in [5.74, 6) is 0.660. The molecule has 0 amide bonds. The monoisotopic (exact) mass is 385 g/mol. The average Bonchev–Trinajstić information content (AvgIpc) is 2.51. The summed E-state index contributed by atoms with van der Waals surface area (Å²) < 4.78 is 0.381. The van der Waals surface area contributed by atoms with Gasteiger partial charge in [-0.25, -0.2) is 0 Å². The van der Waals surface area contributed by atoms with E-state index in [0.29, 0.717) is 16.0 Å². The lowest BCUT2D eigenvalue weighted by Gasteiger charge is -2.36. The second kappa shape index (κ2) is 8.08. The van der Waals surface area contributed by atoms with Crippen molar-refractivity contribution in [2.75, 3.05) is 26.2 Å². The van der Waals surface area contributed by atoms with Crippen LogP contribution in [0.15, 0.2) is 16.6 Å². The molecule has 1 saturated heterocycles. The van der Waals surface area contributed by atoms with Crippen molar-refractivity contribution in [3.05, 3.63) is 32.3 Å². The van der Waals surface area contributed by atoms with Gasteiger partial charge in [0.15, 0.2) is 0 Å². The summed E-state index contributed by atoms with van der Waals surface area (Å²) >= 11 is 3.25. The van der Waals surface area contributed by atoms with E-state index in [0.717, 1.165) is 39.0 Å². The van der Waals surface area contributed by atoms with Crippen LogP contribution >= 0.6 is 15.9 Å². The molecule has 0 radical (unpaired) electrons. The van der Waals surface area contributed by atoms with Crippen LogP contribution in [0.25, 0.3) is 0 Å².